The van der Waals surface area contributed by atoms with E-state index < -0.39 is 33.9 Å². The summed E-state index contributed by atoms with van der Waals surface area (Å²) >= 11 is 0. The molecular weight excluding hydrogens is 208 g/mol. The Labute approximate surface area is 81.2 Å². The van der Waals surface area contributed by atoms with Gasteiger partial charge in [0, 0.05) is 0 Å². The zero-order valence-corrected chi connectivity index (χ0v) is 7.56. The fraction of sp³-hybridized carbons (Fsp3) is 0.111. The number of benzene rings is 1. The molecule has 6 heteroatoms. The lowest BCUT2D eigenvalue weighted by Gasteiger charge is -2.01. The highest BCUT2D eigenvalue weighted by atomic mass is 19.1. The number of hydrogen-bond donors (Lipinski definition) is 1. The Morgan fingerprint density at radius 1 is 1.33 bits per heavy atom. The van der Waals surface area contributed by atoms with Crippen molar-refractivity contribution in [3.8, 4) is 0 Å². The number of fused-ring (bicyclic) bond motifs is 1. The number of hydrogen-bond acceptors (Lipinski definition) is 3. The Balaban J connectivity index is 3.17. The topological polar surface area (TPSA) is 63.1 Å². The lowest BCUT2D eigenvalue weighted by atomic mass is 10.1. The summed E-state index contributed by atoms with van der Waals surface area (Å²) in [5.74, 6) is -2.88. The number of nitrogens with one attached hydrogen (secondary N) is 1. The Bertz CT molecular complexity index is 657. The molecule has 0 aliphatic rings. The minimum absolute atomic E-state index is 0.0284. The van der Waals surface area contributed by atoms with Crippen LogP contribution in [0, 0.1) is 18.6 Å². The molecular formula is C9H5F2NO3. The van der Waals surface area contributed by atoms with Crippen LogP contribution in [-0.4, -0.2) is 4.98 Å². The summed E-state index contributed by atoms with van der Waals surface area (Å²) in [4.78, 5) is 23.8. The summed E-state index contributed by atoms with van der Waals surface area (Å²) in [6.07, 6.45) is 0. The first-order valence-corrected chi connectivity index (χ1v) is 4.02. The van der Waals surface area contributed by atoms with Gasteiger partial charge in [-0.1, -0.05) is 0 Å². The predicted molar refractivity (Wildman–Crippen MR) is 47.8 cm³/mol. The number of aryl methyl sites for hydroxylation is 1. The van der Waals surface area contributed by atoms with Gasteiger partial charge in [-0.2, -0.15) is 0 Å². The smallest absolute Gasteiger partial charge is 0.372 e. The van der Waals surface area contributed by atoms with Crippen LogP contribution in [0.25, 0.3) is 10.9 Å². The van der Waals surface area contributed by atoms with Crippen molar-refractivity contribution in [2.24, 2.45) is 0 Å². The fourth-order valence-electron chi connectivity index (χ4n) is 1.33. The molecule has 0 spiro atoms. The Hall–Kier alpha value is -1.98. The van der Waals surface area contributed by atoms with Crippen molar-refractivity contribution in [2.45, 2.75) is 6.92 Å². The van der Waals surface area contributed by atoms with E-state index in [-0.39, 0.29) is 5.56 Å². The maximum Gasteiger partial charge on any atom is 0.419 e. The van der Waals surface area contributed by atoms with Crippen LogP contribution in [0.3, 0.4) is 0 Å². The normalized spacial score (nSPS) is 10.9. The second-order valence-electron chi connectivity index (χ2n) is 3.04. The van der Waals surface area contributed by atoms with E-state index in [4.69, 9.17) is 0 Å². The van der Waals surface area contributed by atoms with E-state index in [0.717, 1.165) is 6.07 Å². The molecule has 0 saturated carbocycles. The average Bonchev–Trinajstić information content (AvgIpc) is 2.13. The Morgan fingerprint density at radius 3 is 2.67 bits per heavy atom. The third-order valence-corrected chi connectivity index (χ3v) is 2.01. The minimum Gasteiger partial charge on any atom is -0.372 e. The van der Waals surface area contributed by atoms with Crippen LogP contribution in [0.5, 0.6) is 0 Å². The van der Waals surface area contributed by atoms with Crippen molar-refractivity contribution in [3.05, 3.63) is 44.2 Å². The SMILES string of the molecule is Cc1cc(F)c2[nH]c(=O)oc(=O)c2c1F. The fourth-order valence-corrected chi connectivity index (χ4v) is 1.33. The van der Waals surface area contributed by atoms with E-state index in [9.17, 15) is 18.4 Å². The second kappa shape index (κ2) is 3.01. The number of rotatable bonds is 0. The van der Waals surface area contributed by atoms with Crippen molar-refractivity contribution in [2.75, 3.05) is 0 Å². The zero-order chi connectivity index (χ0) is 11.2. The molecule has 78 valence electrons. The van der Waals surface area contributed by atoms with Crippen LogP contribution in [0.4, 0.5) is 8.78 Å². The third-order valence-electron chi connectivity index (χ3n) is 2.01. The number of halogens is 2. The highest BCUT2D eigenvalue weighted by molar-refractivity contribution is 5.79. The van der Waals surface area contributed by atoms with Gasteiger partial charge in [0.05, 0.1) is 5.52 Å². The van der Waals surface area contributed by atoms with Gasteiger partial charge in [0.2, 0.25) is 0 Å². The maximum atomic E-state index is 13.4. The van der Waals surface area contributed by atoms with E-state index >= 15 is 0 Å². The van der Waals surface area contributed by atoms with Gasteiger partial charge >= 0.3 is 11.4 Å². The van der Waals surface area contributed by atoms with Crippen LogP contribution in [0.15, 0.2) is 20.1 Å². The number of aromatic amines is 1. The van der Waals surface area contributed by atoms with Crippen molar-refractivity contribution in [3.63, 3.8) is 0 Å². The molecule has 2 rings (SSSR count). The molecule has 15 heavy (non-hydrogen) atoms. The average molecular weight is 213 g/mol. The quantitative estimate of drug-likeness (QED) is 0.711. The first kappa shape index (κ1) is 9.57. The van der Waals surface area contributed by atoms with E-state index in [1.807, 2.05) is 4.98 Å². The van der Waals surface area contributed by atoms with Crippen molar-refractivity contribution < 1.29 is 13.2 Å². The summed E-state index contributed by atoms with van der Waals surface area (Å²) in [5.41, 5.74) is -1.69. The van der Waals surface area contributed by atoms with E-state index in [1.165, 1.54) is 6.92 Å². The Morgan fingerprint density at radius 2 is 2.00 bits per heavy atom. The van der Waals surface area contributed by atoms with E-state index in [0.29, 0.717) is 0 Å². The molecule has 1 N–H and O–H groups in total. The summed E-state index contributed by atoms with van der Waals surface area (Å²) in [6, 6.07) is 0.896. The van der Waals surface area contributed by atoms with Crippen molar-refractivity contribution in [1.29, 1.82) is 0 Å². The molecule has 2 aromatic rings. The Kier molecular flexibility index (Phi) is 1.92. The minimum atomic E-state index is -1.19. The summed E-state index contributed by atoms with van der Waals surface area (Å²) in [5, 5.41) is -0.577. The molecule has 1 aromatic carbocycles. The van der Waals surface area contributed by atoms with Crippen molar-refractivity contribution in [1.82, 2.24) is 4.98 Å². The van der Waals surface area contributed by atoms with Crippen LogP contribution in [-0.2, 0) is 0 Å². The van der Waals surface area contributed by atoms with E-state index in [2.05, 4.69) is 4.42 Å². The third kappa shape index (κ3) is 1.34. The molecule has 0 unspecified atom stereocenters. The van der Waals surface area contributed by atoms with Gasteiger partial charge < -0.3 is 4.42 Å². The van der Waals surface area contributed by atoms with Crippen LogP contribution in [0.1, 0.15) is 5.56 Å². The molecule has 1 aromatic heterocycles. The summed E-state index contributed by atoms with van der Waals surface area (Å²) in [6.45, 7) is 1.31. The summed E-state index contributed by atoms with van der Waals surface area (Å²) < 4.78 is 30.8. The van der Waals surface area contributed by atoms with Crippen LogP contribution < -0.4 is 11.4 Å². The molecule has 4 nitrogen and oxygen atoms in total. The largest absolute Gasteiger partial charge is 0.419 e. The highest BCUT2D eigenvalue weighted by Crippen LogP contribution is 2.18. The molecule has 0 atom stereocenters. The molecule has 0 bridgehead atoms. The van der Waals surface area contributed by atoms with Gasteiger partial charge in [-0.3, -0.25) is 4.98 Å². The number of aromatic nitrogens is 1. The second-order valence-corrected chi connectivity index (χ2v) is 3.04. The monoisotopic (exact) mass is 213 g/mol. The van der Waals surface area contributed by atoms with E-state index in [1.54, 1.807) is 0 Å². The zero-order valence-electron chi connectivity index (χ0n) is 7.56. The first-order valence-electron chi connectivity index (χ1n) is 4.02. The van der Waals surface area contributed by atoms with Gasteiger partial charge in [-0.25, -0.2) is 18.4 Å². The van der Waals surface area contributed by atoms with Gasteiger partial charge in [-0.15, -0.1) is 0 Å². The first-order chi connectivity index (χ1) is 7.00. The van der Waals surface area contributed by atoms with Gasteiger partial charge in [0.15, 0.2) is 0 Å². The lowest BCUT2D eigenvalue weighted by Crippen LogP contribution is -2.16. The van der Waals surface area contributed by atoms with Gasteiger partial charge in [-0.05, 0) is 18.6 Å². The summed E-state index contributed by atoms with van der Waals surface area (Å²) in [7, 11) is 0. The van der Waals surface area contributed by atoms with Gasteiger partial charge in [0.25, 0.3) is 0 Å². The standard InChI is InChI=1S/C9H5F2NO3/c1-3-2-4(10)7-5(6(3)11)8(13)15-9(14)12-7/h2H,1H3,(H,12,14). The molecule has 1 heterocycles. The molecule has 0 aliphatic carbocycles. The molecule has 0 radical (unpaired) electrons. The molecule has 0 aliphatic heterocycles. The van der Waals surface area contributed by atoms with Gasteiger partial charge in [0.1, 0.15) is 17.0 Å². The maximum absolute atomic E-state index is 13.4. The van der Waals surface area contributed by atoms with Crippen LogP contribution in [0.2, 0.25) is 0 Å². The predicted octanol–water partition coefficient (Wildman–Crippen LogP) is 1.07. The molecule has 0 saturated heterocycles. The van der Waals surface area contributed by atoms with Crippen molar-refractivity contribution >= 4 is 10.9 Å². The molecule has 0 fully saturated rings. The highest BCUT2D eigenvalue weighted by Gasteiger charge is 2.15. The van der Waals surface area contributed by atoms with Crippen LogP contribution >= 0.6 is 0 Å². The number of H-pyrrole nitrogens is 1. The lowest BCUT2D eigenvalue weighted by molar-refractivity contribution is 0.454. The molecule has 0 amide bonds.